The van der Waals surface area contributed by atoms with Gasteiger partial charge in [0.2, 0.25) is 0 Å². The van der Waals surface area contributed by atoms with Crippen LogP contribution in [0, 0.1) is 13.8 Å². The number of hydrogen-bond donors (Lipinski definition) is 1. The first-order valence-electron chi connectivity index (χ1n) is 8.15. The van der Waals surface area contributed by atoms with E-state index in [0.717, 1.165) is 16.0 Å². The van der Waals surface area contributed by atoms with E-state index in [0.29, 0.717) is 0 Å². The first-order valence-corrected chi connectivity index (χ1v) is 9.14. The number of carbonyl (C=O) groups excluding carboxylic acids is 2. The molecular formula is C20H23NO3S. The highest BCUT2D eigenvalue weighted by molar-refractivity contribution is 8.00. The molecule has 2 aromatic carbocycles. The molecule has 0 unspecified atom stereocenters. The molecule has 0 saturated carbocycles. The van der Waals surface area contributed by atoms with Crippen LogP contribution in [0.25, 0.3) is 0 Å². The van der Waals surface area contributed by atoms with Crippen LogP contribution in [0.2, 0.25) is 0 Å². The number of aryl methyl sites for hydroxylation is 2. The van der Waals surface area contributed by atoms with Crippen LogP contribution in [0.3, 0.4) is 0 Å². The van der Waals surface area contributed by atoms with E-state index in [-0.39, 0.29) is 24.3 Å². The molecule has 0 bridgehead atoms. The van der Waals surface area contributed by atoms with Crippen LogP contribution in [-0.4, -0.2) is 24.2 Å². The van der Waals surface area contributed by atoms with Crippen molar-refractivity contribution in [2.24, 2.45) is 0 Å². The number of nitrogens with one attached hydrogen (secondary N) is 1. The van der Waals surface area contributed by atoms with E-state index in [9.17, 15) is 9.59 Å². The van der Waals surface area contributed by atoms with Crippen molar-refractivity contribution in [1.29, 1.82) is 0 Å². The van der Waals surface area contributed by atoms with Gasteiger partial charge >= 0.3 is 5.97 Å². The van der Waals surface area contributed by atoms with Gasteiger partial charge in [-0.25, -0.2) is 0 Å². The first-order chi connectivity index (χ1) is 12.0. The van der Waals surface area contributed by atoms with E-state index < -0.39 is 5.97 Å². The van der Waals surface area contributed by atoms with E-state index in [4.69, 9.17) is 4.74 Å². The summed E-state index contributed by atoms with van der Waals surface area (Å²) >= 11 is 1.42. The number of hydrogen-bond acceptors (Lipinski definition) is 4. The lowest BCUT2D eigenvalue weighted by molar-refractivity contribution is -0.146. The van der Waals surface area contributed by atoms with Gasteiger partial charge in [-0.05, 0) is 38.0 Å². The highest BCUT2D eigenvalue weighted by Crippen LogP contribution is 2.23. The molecule has 0 spiro atoms. The molecule has 1 N–H and O–H groups in total. The van der Waals surface area contributed by atoms with Crippen LogP contribution < -0.4 is 5.32 Å². The molecule has 0 radical (unpaired) electrons. The smallest absolute Gasteiger partial charge is 0.316 e. The fraction of sp³-hybridized carbons (Fsp3) is 0.300. The fourth-order valence-corrected chi connectivity index (χ4v) is 3.20. The van der Waals surface area contributed by atoms with Gasteiger partial charge in [0.1, 0.15) is 0 Å². The molecule has 2 aromatic rings. The van der Waals surface area contributed by atoms with Gasteiger partial charge in [-0.2, -0.15) is 0 Å². The molecule has 0 aliphatic carbocycles. The summed E-state index contributed by atoms with van der Waals surface area (Å²) in [6.45, 7) is 5.68. The second-order valence-corrected chi connectivity index (χ2v) is 6.94. The summed E-state index contributed by atoms with van der Waals surface area (Å²) in [5.74, 6) is -0.514. The number of esters is 1. The zero-order valence-electron chi connectivity index (χ0n) is 14.7. The fourth-order valence-electron chi connectivity index (χ4n) is 2.39. The molecule has 1 amide bonds. The molecule has 5 heteroatoms. The summed E-state index contributed by atoms with van der Waals surface area (Å²) in [6.07, 6.45) is 0. The van der Waals surface area contributed by atoms with Gasteiger partial charge in [-0.15, -0.1) is 11.8 Å². The minimum Gasteiger partial charge on any atom is -0.455 e. The average Bonchev–Trinajstić information content (AvgIpc) is 2.60. The number of benzene rings is 2. The van der Waals surface area contributed by atoms with Crippen molar-refractivity contribution in [1.82, 2.24) is 5.32 Å². The van der Waals surface area contributed by atoms with E-state index in [1.165, 1.54) is 17.3 Å². The molecule has 4 nitrogen and oxygen atoms in total. The Labute approximate surface area is 153 Å². The van der Waals surface area contributed by atoms with Crippen LogP contribution in [-0.2, 0) is 14.3 Å². The van der Waals surface area contributed by atoms with Gasteiger partial charge in [-0.1, -0.05) is 48.0 Å². The highest BCUT2D eigenvalue weighted by Gasteiger charge is 2.12. The topological polar surface area (TPSA) is 55.4 Å². The molecule has 25 heavy (non-hydrogen) atoms. The molecule has 0 heterocycles. The zero-order chi connectivity index (χ0) is 18.2. The molecular weight excluding hydrogens is 334 g/mol. The van der Waals surface area contributed by atoms with Crippen LogP contribution >= 0.6 is 11.8 Å². The lowest BCUT2D eigenvalue weighted by Crippen LogP contribution is -2.31. The van der Waals surface area contributed by atoms with E-state index >= 15 is 0 Å². The Hall–Kier alpha value is -2.27. The average molecular weight is 357 g/mol. The second-order valence-electron chi connectivity index (χ2n) is 5.92. The molecule has 0 saturated heterocycles. The van der Waals surface area contributed by atoms with Gasteiger partial charge in [-0.3, -0.25) is 9.59 Å². The maximum atomic E-state index is 11.9. The Morgan fingerprint density at radius 3 is 2.52 bits per heavy atom. The summed E-state index contributed by atoms with van der Waals surface area (Å²) in [5.41, 5.74) is 3.33. The summed E-state index contributed by atoms with van der Waals surface area (Å²) in [5, 5.41) is 2.82. The Balaban J connectivity index is 1.73. The van der Waals surface area contributed by atoms with Crippen molar-refractivity contribution >= 4 is 23.6 Å². The van der Waals surface area contributed by atoms with Gasteiger partial charge in [0.05, 0.1) is 11.8 Å². The van der Waals surface area contributed by atoms with Crippen LogP contribution in [0.15, 0.2) is 53.4 Å². The van der Waals surface area contributed by atoms with Crippen molar-refractivity contribution in [3.63, 3.8) is 0 Å². The van der Waals surface area contributed by atoms with Crippen molar-refractivity contribution in [2.45, 2.75) is 31.7 Å². The van der Waals surface area contributed by atoms with Crippen molar-refractivity contribution in [2.75, 3.05) is 12.4 Å². The number of amides is 1. The summed E-state index contributed by atoms with van der Waals surface area (Å²) in [7, 11) is 0. The maximum absolute atomic E-state index is 11.9. The summed E-state index contributed by atoms with van der Waals surface area (Å²) in [6, 6.07) is 15.6. The van der Waals surface area contributed by atoms with E-state index in [2.05, 4.69) is 11.4 Å². The summed E-state index contributed by atoms with van der Waals surface area (Å²) in [4.78, 5) is 24.8. The van der Waals surface area contributed by atoms with E-state index in [1.807, 2.05) is 63.2 Å². The quantitative estimate of drug-likeness (QED) is 0.605. The predicted molar refractivity (Wildman–Crippen MR) is 101 cm³/mol. The monoisotopic (exact) mass is 357 g/mol. The van der Waals surface area contributed by atoms with Crippen molar-refractivity contribution < 1.29 is 14.3 Å². The van der Waals surface area contributed by atoms with Gasteiger partial charge in [0.15, 0.2) is 6.61 Å². The number of thioether (sulfide) groups is 1. The van der Waals surface area contributed by atoms with Gasteiger partial charge in [0, 0.05) is 4.90 Å². The second kappa shape index (κ2) is 9.28. The molecule has 0 aliphatic rings. The van der Waals surface area contributed by atoms with E-state index in [1.54, 1.807) is 0 Å². The van der Waals surface area contributed by atoms with Gasteiger partial charge < -0.3 is 10.1 Å². The van der Waals surface area contributed by atoms with Gasteiger partial charge in [0.25, 0.3) is 5.91 Å². The molecule has 0 aliphatic heterocycles. The van der Waals surface area contributed by atoms with Crippen molar-refractivity contribution in [3.05, 3.63) is 65.2 Å². The molecule has 1 atom stereocenters. The number of rotatable bonds is 7. The Bertz CT molecular complexity index is 731. The predicted octanol–water partition coefficient (Wildman–Crippen LogP) is 3.82. The first kappa shape index (κ1) is 19.1. The van der Waals surface area contributed by atoms with Crippen LogP contribution in [0.1, 0.15) is 29.7 Å². The normalized spacial score (nSPS) is 11.6. The van der Waals surface area contributed by atoms with Crippen LogP contribution in [0.5, 0.6) is 0 Å². The minimum atomic E-state index is -0.396. The lowest BCUT2D eigenvalue weighted by atomic mass is 10.1. The summed E-state index contributed by atoms with van der Waals surface area (Å²) < 4.78 is 5.05. The molecule has 0 aromatic heterocycles. The highest BCUT2D eigenvalue weighted by atomic mass is 32.2. The maximum Gasteiger partial charge on any atom is 0.316 e. The minimum absolute atomic E-state index is 0.128. The molecule has 0 fully saturated rings. The van der Waals surface area contributed by atoms with Crippen LogP contribution in [0.4, 0.5) is 0 Å². The number of ether oxygens (including phenoxy) is 1. The molecule has 2 rings (SSSR count). The Morgan fingerprint density at radius 1 is 1.12 bits per heavy atom. The van der Waals surface area contributed by atoms with Crippen molar-refractivity contribution in [3.8, 4) is 0 Å². The largest absolute Gasteiger partial charge is 0.455 e. The third-order valence-corrected chi connectivity index (χ3v) is 4.87. The lowest BCUT2D eigenvalue weighted by Gasteiger charge is -2.14. The SMILES string of the molecule is Cc1ccc(SCC(=O)OCC(=O)N[C@H](C)c2ccccc2)c(C)c1. The third-order valence-electron chi connectivity index (χ3n) is 3.72. The Morgan fingerprint density at radius 2 is 1.84 bits per heavy atom. The molecule has 132 valence electrons. The standard InChI is InChI=1S/C20H23NO3S/c1-14-9-10-18(15(2)11-14)25-13-20(23)24-12-19(22)21-16(3)17-7-5-4-6-8-17/h4-11,16H,12-13H2,1-3H3,(H,21,22)/t16-/m1/s1. The Kier molecular flexibility index (Phi) is 7.07. The zero-order valence-corrected chi connectivity index (χ0v) is 15.6. The third kappa shape index (κ3) is 6.27. The number of carbonyl (C=O) groups is 2.